The first-order chi connectivity index (χ1) is 10.0. The molecule has 0 unspecified atom stereocenters. The van der Waals surface area contributed by atoms with Crippen molar-refractivity contribution in [2.24, 2.45) is 0 Å². The Morgan fingerprint density at radius 2 is 2.14 bits per heavy atom. The number of nitrogens with zero attached hydrogens (tertiary/aromatic N) is 2. The van der Waals surface area contributed by atoms with Gasteiger partial charge in [-0.1, -0.05) is 12.1 Å². The fraction of sp³-hybridized carbons (Fsp3) is 0.0714. The van der Waals surface area contributed by atoms with Crippen LogP contribution in [0.5, 0.6) is 5.75 Å². The molecular weight excluding hydrogens is 338 g/mol. The summed E-state index contributed by atoms with van der Waals surface area (Å²) in [6, 6.07) is 11.2. The highest BCUT2D eigenvalue weighted by Gasteiger charge is 2.15. The molecule has 0 fully saturated rings. The van der Waals surface area contributed by atoms with Crippen LogP contribution in [0.1, 0.15) is 11.1 Å². The van der Waals surface area contributed by atoms with E-state index in [4.69, 9.17) is 5.26 Å². The predicted molar refractivity (Wildman–Crippen MR) is 80.9 cm³/mol. The van der Waals surface area contributed by atoms with Crippen LogP contribution in [0, 0.1) is 21.4 Å². The molecular formula is C14H10BrN3O3. The van der Waals surface area contributed by atoms with Crippen LogP contribution in [-0.4, -0.2) is 10.0 Å². The summed E-state index contributed by atoms with van der Waals surface area (Å²) in [6.45, 7) is 0.220. The fourth-order valence-electron chi connectivity index (χ4n) is 1.79. The van der Waals surface area contributed by atoms with Crippen LogP contribution < -0.4 is 5.32 Å². The van der Waals surface area contributed by atoms with E-state index in [1.165, 1.54) is 18.2 Å². The van der Waals surface area contributed by atoms with E-state index in [0.717, 1.165) is 0 Å². The van der Waals surface area contributed by atoms with Crippen LogP contribution in [0.15, 0.2) is 40.9 Å². The van der Waals surface area contributed by atoms with Gasteiger partial charge in [-0.2, -0.15) is 5.26 Å². The first kappa shape index (κ1) is 14.8. The molecule has 7 heteroatoms. The molecule has 0 bridgehead atoms. The van der Waals surface area contributed by atoms with Crippen molar-refractivity contribution in [3.05, 3.63) is 62.1 Å². The van der Waals surface area contributed by atoms with Crippen molar-refractivity contribution >= 4 is 27.3 Å². The summed E-state index contributed by atoms with van der Waals surface area (Å²) in [7, 11) is 0. The van der Waals surface area contributed by atoms with Crippen molar-refractivity contribution in [2.75, 3.05) is 5.32 Å². The number of nitro benzene ring substituents is 1. The van der Waals surface area contributed by atoms with E-state index in [1.54, 1.807) is 18.2 Å². The monoisotopic (exact) mass is 347 g/mol. The number of benzene rings is 2. The fourth-order valence-corrected chi connectivity index (χ4v) is 2.20. The Hall–Kier alpha value is -2.59. The number of phenolic OH excluding ortho intramolecular Hbond substituents is 1. The van der Waals surface area contributed by atoms with E-state index in [0.29, 0.717) is 15.7 Å². The van der Waals surface area contributed by atoms with Gasteiger partial charge in [-0.05, 0) is 34.1 Å². The molecule has 0 saturated heterocycles. The first-order valence-corrected chi connectivity index (χ1v) is 6.71. The Labute approximate surface area is 128 Å². The zero-order valence-electron chi connectivity index (χ0n) is 10.7. The third-order valence-corrected chi connectivity index (χ3v) is 3.50. The van der Waals surface area contributed by atoms with Crippen LogP contribution in [-0.2, 0) is 6.54 Å². The summed E-state index contributed by atoms with van der Waals surface area (Å²) in [5.41, 5.74) is 0.933. The molecule has 0 saturated carbocycles. The zero-order valence-corrected chi connectivity index (χ0v) is 12.3. The quantitative estimate of drug-likeness (QED) is 0.650. The van der Waals surface area contributed by atoms with Crippen LogP contribution in [0.2, 0.25) is 0 Å². The highest BCUT2D eigenvalue weighted by Crippen LogP contribution is 2.30. The molecule has 0 aliphatic rings. The smallest absolute Gasteiger partial charge is 0.293 e. The highest BCUT2D eigenvalue weighted by atomic mass is 79.9. The molecule has 21 heavy (non-hydrogen) atoms. The normalized spacial score (nSPS) is 9.90. The van der Waals surface area contributed by atoms with Gasteiger partial charge in [0.05, 0.1) is 21.0 Å². The van der Waals surface area contributed by atoms with Gasteiger partial charge in [-0.25, -0.2) is 0 Å². The number of aromatic hydroxyl groups is 1. The van der Waals surface area contributed by atoms with Crippen LogP contribution in [0.25, 0.3) is 0 Å². The summed E-state index contributed by atoms with van der Waals surface area (Å²) < 4.78 is 0.552. The van der Waals surface area contributed by atoms with Gasteiger partial charge in [0.25, 0.3) is 5.69 Å². The molecule has 2 aromatic carbocycles. The van der Waals surface area contributed by atoms with E-state index in [9.17, 15) is 15.2 Å². The van der Waals surface area contributed by atoms with Crippen molar-refractivity contribution in [3.8, 4) is 11.8 Å². The predicted octanol–water partition coefficient (Wildman–Crippen LogP) is 3.55. The van der Waals surface area contributed by atoms with Crippen molar-refractivity contribution in [3.63, 3.8) is 0 Å². The average Bonchev–Trinajstić information content (AvgIpc) is 2.48. The maximum absolute atomic E-state index is 11.0. The molecule has 2 aromatic rings. The third kappa shape index (κ3) is 3.30. The maximum Gasteiger partial charge on any atom is 0.293 e. The standard InChI is InChI=1S/C14H10BrN3O3/c15-11-3-1-2-10(14(11)19)8-17-12-5-4-9(7-16)6-13(12)18(20)21/h1-6,17,19H,8H2. The van der Waals surface area contributed by atoms with Crippen LogP contribution in [0.4, 0.5) is 11.4 Å². The summed E-state index contributed by atoms with van der Waals surface area (Å²) in [5, 5.41) is 32.6. The van der Waals surface area contributed by atoms with Crippen molar-refractivity contribution in [1.29, 1.82) is 5.26 Å². The second kappa shape index (κ2) is 6.24. The van der Waals surface area contributed by atoms with Gasteiger partial charge in [-0.15, -0.1) is 0 Å². The molecule has 0 spiro atoms. The molecule has 0 aliphatic carbocycles. The number of halogens is 1. The number of nitrogens with one attached hydrogen (secondary N) is 1. The van der Waals surface area contributed by atoms with E-state index in [2.05, 4.69) is 21.2 Å². The number of nitriles is 1. The Morgan fingerprint density at radius 3 is 2.81 bits per heavy atom. The summed E-state index contributed by atoms with van der Waals surface area (Å²) in [4.78, 5) is 10.5. The molecule has 0 aromatic heterocycles. The average molecular weight is 348 g/mol. The zero-order chi connectivity index (χ0) is 15.4. The first-order valence-electron chi connectivity index (χ1n) is 5.91. The van der Waals surface area contributed by atoms with E-state index < -0.39 is 4.92 Å². The van der Waals surface area contributed by atoms with Crippen molar-refractivity contribution in [2.45, 2.75) is 6.54 Å². The second-order valence-corrected chi connectivity index (χ2v) is 5.06. The molecule has 0 heterocycles. The molecule has 0 atom stereocenters. The number of phenols is 1. The van der Waals surface area contributed by atoms with Crippen molar-refractivity contribution < 1.29 is 10.0 Å². The number of rotatable bonds is 4. The van der Waals surface area contributed by atoms with Crippen molar-refractivity contribution in [1.82, 2.24) is 0 Å². The lowest BCUT2D eigenvalue weighted by atomic mass is 10.1. The number of nitro groups is 1. The molecule has 2 N–H and O–H groups in total. The summed E-state index contributed by atoms with van der Waals surface area (Å²) in [5.74, 6) is 0.0845. The molecule has 0 aliphatic heterocycles. The molecule has 0 amide bonds. The minimum Gasteiger partial charge on any atom is -0.506 e. The van der Waals surface area contributed by atoms with Gasteiger partial charge in [0.1, 0.15) is 11.4 Å². The topological polar surface area (TPSA) is 99.2 Å². The maximum atomic E-state index is 11.0. The lowest BCUT2D eigenvalue weighted by molar-refractivity contribution is -0.384. The largest absolute Gasteiger partial charge is 0.506 e. The Morgan fingerprint density at radius 1 is 1.38 bits per heavy atom. The van der Waals surface area contributed by atoms with E-state index in [-0.39, 0.29) is 23.5 Å². The van der Waals surface area contributed by atoms with Gasteiger partial charge in [-0.3, -0.25) is 10.1 Å². The lowest BCUT2D eigenvalue weighted by Crippen LogP contribution is -2.03. The second-order valence-electron chi connectivity index (χ2n) is 4.20. The molecule has 6 nitrogen and oxygen atoms in total. The Bertz CT molecular complexity index is 741. The lowest BCUT2D eigenvalue weighted by Gasteiger charge is -2.09. The van der Waals surface area contributed by atoms with Crippen LogP contribution in [0.3, 0.4) is 0 Å². The molecule has 2 rings (SSSR count). The number of hydrogen-bond acceptors (Lipinski definition) is 5. The minimum atomic E-state index is -0.552. The molecule has 106 valence electrons. The van der Waals surface area contributed by atoms with Gasteiger partial charge < -0.3 is 10.4 Å². The summed E-state index contributed by atoms with van der Waals surface area (Å²) >= 11 is 3.21. The number of anilines is 1. The number of hydrogen-bond donors (Lipinski definition) is 2. The Balaban J connectivity index is 2.26. The van der Waals surface area contributed by atoms with Gasteiger partial charge >= 0.3 is 0 Å². The summed E-state index contributed by atoms with van der Waals surface area (Å²) in [6.07, 6.45) is 0. The molecule has 0 radical (unpaired) electrons. The number of para-hydroxylation sites is 1. The van der Waals surface area contributed by atoms with Gasteiger partial charge in [0.2, 0.25) is 0 Å². The Kier molecular flexibility index (Phi) is 4.40. The van der Waals surface area contributed by atoms with E-state index >= 15 is 0 Å². The van der Waals surface area contributed by atoms with Gasteiger partial charge in [0.15, 0.2) is 0 Å². The third-order valence-electron chi connectivity index (χ3n) is 2.86. The SMILES string of the molecule is N#Cc1ccc(NCc2cccc(Br)c2O)c([N+](=O)[O-])c1. The van der Waals surface area contributed by atoms with Crippen LogP contribution >= 0.6 is 15.9 Å². The van der Waals surface area contributed by atoms with Gasteiger partial charge in [0, 0.05) is 18.2 Å². The minimum absolute atomic E-state index is 0.0845. The highest BCUT2D eigenvalue weighted by molar-refractivity contribution is 9.10. The van der Waals surface area contributed by atoms with E-state index in [1.807, 2.05) is 6.07 Å².